The van der Waals surface area contributed by atoms with E-state index >= 15 is 0 Å². The van der Waals surface area contributed by atoms with Crippen LogP contribution in [0.4, 0.5) is 28.9 Å². The number of aromatic nitrogens is 2. The van der Waals surface area contributed by atoms with Crippen molar-refractivity contribution in [3.63, 3.8) is 0 Å². The molecule has 3 N–H and O–H groups in total. The number of hydrogen-bond acceptors (Lipinski definition) is 6. The highest BCUT2D eigenvalue weighted by Crippen LogP contribution is 2.49. The highest BCUT2D eigenvalue weighted by Gasteiger charge is 2.51. The first-order valence-electron chi connectivity index (χ1n) is 10.6. The van der Waals surface area contributed by atoms with Crippen LogP contribution < -0.4 is 10.6 Å². The Bertz CT molecular complexity index is 1260. The van der Waals surface area contributed by atoms with Crippen molar-refractivity contribution in [2.45, 2.75) is 32.0 Å². The average molecular weight is 488 g/mol. The van der Waals surface area contributed by atoms with Crippen molar-refractivity contribution in [2.24, 2.45) is 5.41 Å². The third-order valence-corrected chi connectivity index (χ3v) is 5.70. The Morgan fingerprint density at radius 3 is 2.46 bits per heavy atom. The number of nitrogens with one attached hydrogen (secondary N) is 2. The molecule has 0 aliphatic heterocycles. The second-order valence-electron chi connectivity index (χ2n) is 8.35. The summed E-state index contributed by atoms with van der Waals surface area (Å²) in [7, 11) is 0. The van der Waals surface area contributed by atoms with E-state index in [1.54, 1.807) is 0 Å². The van der Waals surface area contributed by atoms with Crippen LogP contribution in [-0.2, 0) is 17.5 Å². The number of amides is 1. The number of hydrogen-bond donors (Lipinski definition) is 3. The van der Waals surface area contributed by atoms with Crippen LogP contribution in [0.15, 0.2) is 55.0 Å². The third kappa shape index (κ3) is 5.73. The Labute approximate surface area is 197 Å². The maximum atomic E-state index is 13.3. The number of ketones is 1. The molecule has 0 saturated heterocycles. The van der Waals surface area contributed by atoms with Crippen LogP contribution in [0, 0.1) is 11.2 Å². The molecule has 1 saturated carbocycles. The van der Waals surface area contributed by atoms with Crippen LogP contribution in [0.3, 0.4) is 0 Å². The first-order chi connectivity index (χ1) is 16.6. The van der Waals surface area contributed by atoms with Crippen molar-refractivity contribution < 1.29 is 32.3 Å². The Kier molecular flexibility index (Phi) is 6.42. The highest BCUT2D eigenvalue weighted by atomic mass is 19.4. The molecule has 3 aromatic rings. The van der Waals surface area contributed by atoms with Crippen LogP contribution in [0.25, 0.3) is 0 Å². The standard InChI is InChI=1S/C24H20F4N4O3/c25-15-1-4-20(19(8-15)24(26,27)28)32-17-3-2-16(30-12-17)11-31-22(35)23(5-6-23)9-21(34)14-7-18(33)13-29-10-14/h1-4,7-8,10,12-13,32-33H,5-6,9,11H2,(H,31,35). The van der Waals surface area contributed by atoms with Gasteiger partial charge in [-0.2, -0.15) is 13.2 Å². The number of benzene rings is 1. The van der Waals surface area contributed by atoms with Gasteiger partial charge in [-0.15, -0.1) is 0 Å². The molecular weight excluding hydrogens is 468 g/mol. The lowest BCUT2D eigenvalue weighted by atomic mass is 9.95. The predicted molar refractivity (Wildman–Crippen MR) is 117 cm³/mol. The van der Waals surface area contributed by atoms with Gasteiger partial charge in [-0.25, -0.2) is 4.39 Å². The maximum Gasteiger partial charge on any atom is 0.418 e. The minimum absolute atomic E-state index is 0.0144. The fourth-order valence-corrected chi connectivity index (χ4v) is 3.60. The number of alkyl halides is 3. The molecule has 182 valence electrons. The third-order valence-electron chi connectivity index (χ3n) is 5.70. The van der Waals surface area contributed by atoms with Crippen molar-refractivity contribution >= 4 is 23.1 Å². The Hall–Kier alpha value is -4.02. The molecule has 1 aromatic carbocycles. The molecule has 1 aliphatic rings. The number of anilines is 2. The SMILES string of the molecule is O=C(CC1(C(=O)NCc2ccc(Nc3ccc(F)cc3C(F)(F)F)cn2)CC1)c1cncc(O)c1. The molecule has 1 fully saturated rings. The van der Waals surface area contributed by atoms with Crippen molar-refractivity contribution in [3.8, 4) is 5.75 Å². The predicted octanol–water partition coefficient (Wildman–Crippen LogP) is 4.75. The number of halogens is 4. The van der Waals surface area contributed by atoms with Crippen LogP contribution in [0.2, 0.25) is 0 Å². The molecule has 11 heteroatoms. The second-order valence-corrected chi connectivity index (χ2v) is 8.35. The van der Waals surface area contributed by atoms with Gasteiger partial charge < -0.3 is 15.7 Å². The molecule has 0 spiro atoms. The Morgan fingerprint density at radius 2 is 1.83 bits per heavy atom. The monoisotopic (exact) mass is 488 g/mol. The van der Waals surface area contributed by atoms with E-state index in [1.807, 2.05) is 0 Å². The summed E-state index contributed by atoms with van der Waals surface area (Å²) in [6.07, 6.45) is 0.187. The maximum absolute atomic E-state index is 13.3. The highest BCUT2D eigenvalue weighted by molar-refractivity contribution is 6.00. The number of carbonyl (C=O) groups is 2. The van der Waals surface area contributed by atoms with Crippen molar-refractivity contribution in [2.75, 3.05) is 5.32 Å². The molecule has 1 aliphatic carbocycles. The Balaban J connectivity index is 1.35. The van der Waals surface area contributed by atoms with Crippen molar-refractivity contribution in [1.82, 2.24) is 15.3 Å². The van der Waals surface area contributed by atoms with Gasteiger partial charge in [-0.3, -0.25) is 19.6 Å². The molecule has 0 bridgehead atoms. The zero-order valence-corrected chi connectivity index (χ0v) is 18.2. The smallest absolute Gasteiger partial charge is 0.418 e. The fraction of sp³-hybridized carbons (Fsp3) is 0.250. The largest absolute Gasteiger partial charge is 0.506 e. The number of carbonyl (C=O) groups excluding carboxylic acids is 2. The van der Waals surface area contributed by atoms with Gasteiger partial charge in [0.1, 0.15) is 11.6 Å². The molecule has 2 aromatic heterocycles. The number of pyridine rings is 2. The van der Waals surface area contributed by atoms with Crippen molar-refractivity contribution in [3.05, 3.63) is 77.6 Å². The van der Waals surface area contributed by atoms with E-state index in [0.29, 0.717) is 24.6 Å². The minimum atomic E-state index is -4.74. The van der Waals surface area contributed by atoms with E-state index in [0.717, 1.165) is 12.1 Å². The zero-order chi connectivity index (χ0) is 25.2. The summed E-state index contributed by atoms with van der Waals surface area (Å²) < 4.78 is 52.8. The Morgan fingerprint density at radius 1 is 1.06 bits per heavy atom. The molecule has 35 heavy (non-hydrogen) atoms. The second kappa shape index (κ2) is 9.32. The van der Waals surface area contributed by atoms with Gasteiger partial charge in [-0.05, 0) is 49.2 Å². The lowest BCUT2D eigenvalue weighted by molar-refractivity contribution is -0.137. The summed E-state index contributed by atoms with van der Waals surface area (Å²) >= 11 is 0. The van der Waals surface area contributed by atoms with Gasteiger partial charge in [0, 0.05) is 18.2 Å². The van der Waals surface area contributed by atoms with Crippen LogP contribution in [0.1, 0.15) is 40.9 Å². The van der Waals surface area contributed by atoms with E-state index in [1.165, 1.54) is 36.8 Å². The van der Waals surface area contributed by atoms with Crippen LogP contribution in [-0.4, -0.2) is 26.8 Å². The molecule has 0 unspecified atom stereocenters. The van der Waals surface area contributed by atoms with Gasteiger partial charge in [0.25, 0.3) is 0 Å². The number of nitrogens with zero attached hydrogens (tertiary/aromatic N) is 2. The van der Waals surface area contributed by atoms with Crippen LogP contribution >= 0.6 is 0 Å². The van der Waals surface area contributed by atoms with Gasteiger partial charge in [-0.1, -0.05) is 0 Å². The molecular formula is C24H20F4N4O3. The summed E-state index contributed by atoms with van der Waals surface area (Å²) in [6, 6.07) is 6.65. The summed E-state index contributed by atoms with van der Waals surface area (Å²) in [4.78, 5) is 33.1. The van der Waals surface area contributed by atoms with E-state index in [4.69, 9.17) is 0 Å². The van der Waals surface area contributed by atoms with Crippen molar-refractivity contribution in [1.29, 1.82) is 0 Å². The lowest BCUT2D eigenvalue weighted by Crippen LogP contribution is -2.33. The zero-order valence-electron chi connectivity index (χ0n) is 18.2. The molecule has 0 radical (unpaired) electrons. The van der Waals surface area contributed by atoms with E-state index in [9.17, 15) is 32.3 Å². The summed E-state index contributed by atoms with van der Waals surface area (Å²) in [6.45, 7) is 0.0626. The summed E-state index contributed by atoms with van der Waals surface area (Å²) in [5.74, 6) is -1.73. The van der Waals surface area contributed by atoms with E-state index in [-0.39, 0.29) is 47.3 Å². The summed E-state index contributed by atoms with van der Waals surface area (Å²) in [5, 5.41) is 14.8. The molecule has 2 heterocycles. The lowest BCUT2D eigenvalue weighted by Gasteiger charge is -2.16. The summed E-state index contributed by atoms with van der Waals surface area (Å²) in [5.41, 5.74) is -1.34. The topological polar surface area (TPSA) is 104 Å². The van der Waals surface area contributed by atoms with E-state index in [2.05, 4.69) is 20.6 Å². The molecule has 0 atom stereocenters. The first kappa shape index (κ1) is 24.1. The molecule has 1 amide bonds. The van der Waals surface area contributed by atoms with Gasteiger partial charge in [0.05, 0.1) is 47.0 Å². The van der Waals surface area contributed by atoms with Gasteiger partial charge >= 0.3 is 6.18 Å². The van der Waals surface area contributed by atoms with Gasteiger partial charge in [0.2, 0.25) is 5.91 Å². The van der Waals surface area contributed by atoms with Gasteiger partial charge in [0.15, 0.2) is 5.78 Å². The number of aromatic hydroxyl groups is 1. The number of Topliss-reactive ketones (excluding diaryl/α,β-unsaturated/α-hetero) is 1. The number of rotatable bonds is 8. The first-order valence-corrected chi connectivity index (χ1v) is 10.6. The van der Waals surface area contributed by atoms with E-state index < -0.39 is 23.0 Å². The average Bonchev–Trinajstić information content (AvgIpc) is 3.59. The molecule has 7 nitrogen and oxygen atoms in total. The minimum Gasteiger partial charge on any atom is -0.506 e. The fourth-order valence-electron chi connectivity index (χ4n) is 3.60. The van der Waals surface area contributed by atoms with Crippen LogP contribution in [0.5, 0.6) is 5.75 Å². The molecule has 4 rings (SSSR count). The quantitative estimate of drug-likeness (QED) is 0.312. The normalized spacial score (nSPS) is 14.3.